The van der Waals surface area contributed by atoms with E-state index in [0.29, 0.717) is 31.4 Å². The summed E-state index contributed by atoms with van der Waals surface area (Å²) in [7, 11) is 0. The molecule has 0 radical (unpaired) electrons. The van der Waals surface area contributed by atoms with Crippen molar-refractivity contribution in [1.29, 1.82) is 10.5 Å². The topological polar surface area (TPSA) is 117 Å². The van der Waals surface area contributed by atoms with E-state index in [1.807, 2.05) is 6.07 Å². The molecular formula is C19H17F3N6O. The highest BCUT2D eigenvalue weighted by molar-refractivity contribution is 5.96. The van der Waals surface area contributed by atoms with Crippen LogP contribution >= 0.6 is 0 Å². The average Bonchev–Trinajstić information content (AvgIpc) is 3.18. The lowest BCUT2D eigenvalue weighted by atomic mass is 9.90. The molecule has 1 fully saturated rings. The summed E-state index contributed by atoms with van der Waals surface area (Å²) in [5, 5.41) is 29.9. The molecule has 0 aliphatic heterocycles. The van der Waals surface area contributed by atoms with E-state index in [-0.39, 0.29) is 29.2 Å². The van der Waals surface area contributed by atoms with Gasteiger partial charge in [-0.05, 0) is 43.9 Å². The van der Waals surface area contributed by atoms with E-state index < -0.39 is 17.3 Å². The summed E-state index contributed by atoms with van der Waals surface area (Å²) in [5.41, 5.74) is -0.783. The molecule has 1 aliphatic rings. The minimum absolute atomic E-state index is 0.0410. The van der Waals surface area contributed by atoms with Gasteiger partial charge in [0.1, 0.15) is 11.8 Å². The number of carbonyl (C=O) groups is 1. The fourth-order valence-corrected chi connectivity index (χ4v) is 3.39. The highest BCUT2D eigenvalue weighted by atomic mass is 19.4. The molecule has 0 saturated heterocycles. The Kier molecular flexibility index (Phi) is 5.74. The van der Waals surface area contributed by atoms with Crippen LogP contribution in [-0.4, -0.2) is 28.2 Å². The number of hydrogen-bond donors (Lipinski definition) is 3. The first-order valence-electron chi connectivity index (χ1n) is 8.94. The van der Waals surface area contributed by atoms with Gasteiger partial charge in [-0.3, -0.25) is 9.89 Å². The van der Waals surface area contributed by atoms with Gasteiger partial charge in [0.2, 0.25) is 0 Å². The van der Waals surface area contributed by atoms with Gasteiger partial charge >= 0.3 is 6.18 Å². The van der Waals surface area contributed by atoms with Crippen LogP contribution in [0.15, 0.2) is 24.4 Å². The van der Waals surface area contributed by atoms with Crippen molar-refractivity contribution in [3.63, 3.8) is 0 Å². The Morgan fingerprint density at radius 3 is 2.45 bits per heavy atom. The van der Waals surface area contributed by atoms with Gasteiger partial charge in [-0.15, -0.1) is 0 Å². The Bertz CT molecular complexity index is 977. The maximum absolute atomic E-state index is 13.1. The molecule has 0 unspecified atom stereocenters. The van der Waals surface area contributed by atoms with E-state index >= 15 is 0 Å². The standard InChI is InChI=1S/C19H17F3N6O/c20-19(21,22)16-7-14(2-1-11(16)8-23)26-12-3-5-13(6-4-12)27-18(29)15-10-25-28-17(15)9-24/h1-2,7,10,12-13,26H,3-6H2,(H,25,28)(H,27,29)/t12-,13+. The summed E-state index contributed by atoms with van der Waals surface area (Å²) >= 11 is 0. The van der Waals surface area contributed by atoms with Crippen molar-refractivity contribution >= 4 is 11.6 Å². The number of benzene rings is 1. The molecule has 1 aromatic heterocycles. The number of aromatic amines is 1. The third-order valence-corrected chi connectivity index (χ3v) is 4.87. The monoisotopic (exact) mass is 402 g/mol. The number of anilines is 1. The number of aromatic nitrogens is 2. The second kappa shape index (κ2) is 8.23. The molecule has 0 atom stereocenters. The molecule has 1 aliphatic carbocycles. The number of alkyl halides is 3. The maximum atomic E-state index is 13.1. The lowest BCUT2D eigenvalue weighted by Gasteiger charge is -2.30. The van der Waals surface area contributed by atoms with Gasteiger partial charge in [0, 0.05) is 17.8 Å². The first kappa shape index (κ1) is 20.2. The predicted molar refractivity (Wildman–Crippen MR) is 96.6 cm³/mol. The number of nitriles is 2. The maximum Gasteiger partial charge on any atom is 0.417 e. The number of hydrogen-bond acceptors (Lipinski definition) is 5. The van der Waals surface area contributed by atoms with Crippen molar-refractivity contribution in [3.05, 3.63) is 46.8 Å². The SMILES string of the molecule is N#Cc1ccc(N[C@H]2CC[C@@H](NC(=O)c3cn[nH]c3C#N)CC2)cc1C(F)(F)F. The molecule has 29 heavy (non-hydrogen) atoms. The molecule has 10 heteroatoms. The molecule has 0 spiro atoms. The Balaban J connectivity index is 1.57. The number of nitrogens with one attached hydrogen (secondary N) is 3. The van der Waals surface area contributed by atoms with Crippen LogP contribution in [0.5, 0.6) is 0 Å². The molecule has 1 heterocycles. The van der Waals surface area contributed by atoms with Crippen molar-refractivity contribution in [2.75, 3.05) is 5.32 Å². The Morgan fingerprint density at radius 2 is 1.83 bits per heavy atom. The summed E-state index contributed by atoms with van der Waals surface area (Å²) in [4.78, 5) is 12.2. The average molecular weight is 402 g/mol. The van der Waals surface area contributed by atoms with Crippen molar-refractivity contribution in [2.45, 2.75) is 43.9 Å². The summed E-state index contributed by atoms with van der Waals surface area (Å²) in [6, 6.07) is 6.87. The van der Waals surface area contributed by atoms with Gasteiger partial charge in [0.15, 0.2) is 0 Å². The molecule has 150 valence electrons. The molecule has 3 N–H and O–H groups in total. The van der Waals surface area contributed by atoms with E-state index in [9.17, 15) is 18.0 Å². The third-order valence-electron chi connectivity index (χ3n) is 4.87. The van der Waals surface area contributed by atoms with Crippen LogP contribution in [-0.2, 0) is 6.18 Å². The van der Waals surface area contributed by atoms with Crippen LogP contribution in [0.4, 0.5) is 18.9 Å². The predicted octanol–water partition coefficient (Wildman–Crippen LogP) is 3.32. The van der Waals surface area contributed by atoms with Crippen molar-refractivity contribution in [3.8, 4) is 12.1 Å². The Hall–Kier alpha value is -3.53. The van der Waals surface area contributed by atoms with Gasteiger partial charge in [0.05, 0.1) is 29.0 Å². The minimum Gasteiger partial charge on any atom is -0.382 e. The van der Waals surface area contributed by atoms with E-state index in [1.165, 1.54) is 12.3 Å². The van der Waals surface area contributed by atoms with Crippen LogP contribution in [0.2, 0.25) is 0 Å². The zero-order valence-corrected chi connectivity index (χ0v) is 15.2. The van der Waals surface area contributed by atoms with E-state index in [0.717, 1.165) is 12.1 Å². The van der Waals surface area contributed by atoms with Gasteiger partial charge in [-0.1, -0.05) is 0 Å². The third kappa shape index (κ3) is 4.66. The molecule has 0 bridgehead atoms. The van der Waals surface area contributed by atoms with E-state index in [4.69, 9.17) is 10.5 Å². The first-order valence-corrected chi connectivity index (χ1v) is 8.94. The highest BCUT2D eigenvalue weighted by Crippen LogP contribution is 2.34. The van der Waals surface area contributed by atoms with Gasteiger partial charge in [-0.2, -0.15) is 28.8 Å². The van der Waals surface area contributed by atoms with Crippen LogP contribution < -0.4 is 10.6 Å². The van der Waals surface area contributed by atoms with E-state index in [2.05, 4.69) is 20.8 Å². The molecule has 1 aromatic carbocycles. The summed E-state index contributed by atoms with van der Waals surface area (Å²) < 4.78 is 39.3. The quantitative estimate of drug-likeness (QED) is 0.725. The number of H-pyrrole nitrogens is 1. The highest BCUT2D eigenvalue weighted by Gasteiger charge is 2.34. The van der Waals surface area contributed by atoms with Crippen molar-refractivity contribution in [1.82, 2.24) is 15.5 Å². The van der Waals surface area contributed by atoms with Gasteiger partial charge in [0.25, 0.3) is 5.91 Å². The second-order valence-electron chi connectivity index (χ2n) is 6.81. The van der Waals surface area contributed by atoms with Crippen LogP contribution in [0.25, 0.3) is 0 Å². The van der Waals surface area contributed by atoms with Crippen LogP contribution in [0.3, 0.4) is 0 Å². The lowest BCUT2D eigenvalue weighted by Crippen LogP contribution is -2.40. The van der Waals surface area contributed by atoms with Crippen LogP contribution in [0.1, 0.15) is 52.9 Å². The normalized spacial score (nSPS) is 19.1. The summed E-state index contributed by atoms with van der Waals surface area (Å²) in [6.07, 6.45) is -0.701. The molecule has 1 saturated carbocycles. The summed E-state index contributed by atoms with van der Waals surface area (Å²) in [5.74, 6) is -0.381. The Labute approximate surface area is 164 Å². The fraction of sp³-hybridized carbons (Fsp3) is 0.368. The Morgan fingerprint density at radius 1 is 1.14 bits per heavy atom. The molecule has 3 rings (SSSR count). The van der Waals surface area contributed by atoms with Gasteiger partial charge < -0.3 is 10.6 Å². The molecular weight excluding hydrogens is 385 g/mol. The lowest BCUT2D eigenvalue weighted by molar-refractivity contribution is -0.137. The van der Waals surface area contributed by atoms with Crippen LogP contribution in [0, 0.1) is 22.7 Å². The zero-order chi connectivity index (χ0) is 21.0. The number of carbonyl (C=O) groups excluding carboxylic acids is 1. The zero-order valence-electron chi connectivity index (χ0n) is 15.2. The second-order valence-corrected chi connectivity index (χ2v) is 6.81. The largest absolute Gasteiger partial charge is 0.417 e. The van der Waals surface area contributed by atoms with Crippen molar-refractivity contribution in [2.24, 2.45) is 0 Å². The number of halogens is 3. The number of nitrogens with zero attached hydrogens (tertiary/aromatic N) is 3. The molecule has 2 aromatic rings. The minimum atomic E-state index is -4.60. The van der Waals surface area contributed by atoms with Gasteiger partial charge in [-0.25, -0.2) is 0 Å². The molecule has 7 nitrogen and oxygen atoms in total. The number of rotatable bonds is 4. The van der Waals surface area contributed by atoms with Crippen molar-refractivity contribution < 1.29 is 18.0 Å². The first-order chi connectivity index (χ1) is 13.8. The fourth-order valence-electron chi connectivity index (χ4n) is 3.39. The summed E-state index contributed by atoms with van der Waals surface area (Å²) in [6.45, 7) is 0. The molecule has 1 amide bonds. The number of amides is 1. The smallest absolute Gasteiger partial charge is 0.382 e. The van der Waals surface area contributed by atoms with E-state index in [1.54, 1.807) is 6.07 Å².